The average Bonchev–Trinajstić information content (AvgIpc) is 3.12. The van der Waals surface area contributed by atoms with Crippen molar-refractivity contribution in [3.05, 3.63) is 70.9 Å². The third-order valence-corrected chi connectivity index (χ3v) is 8.44. The molecule has 1 aromatic heterocycles. The van der Waals surface area contributed by atoms with Crippen molar-refractivity contribution in [3.8, 4) is 0 Å². The molecule has 8 heteroatoms. The van der Waals surface area contributed by atoms with Crippen molar-refractivity contribution >= 4 is 49.9 Å². The Balaban J connectivity index is 1.30. The Morgan fingerprint density at radius 3 is 2.62 bits per heavy atom. The van der Waals surface area contributed by atoms with Crippen molar-refractivity contribution in [2.75, 3.05) is 26.2 Å². The first-order chi connectivity index (χ1) is 15.4. The van der Waals surface area contributed by atoms with Crippen LogP contribution in [0.25, 0.3) is 16.5 Å². The van der Waals surface area contributed by atoms with E-state index in [-0.39, 0.29) is 4.90 Å². The van der Waals surface area contributed by atoms with Crippen molar-refractivity contribution in [1.29, 1.82) is 0 Å². The number of aryl methyl sites for hydroxylation is 1. The number of aromatic nitrogens is 1. The van der Waals surface area contributed by atoms with Gasteiger partial charge in [0.15, 0.2) is 0 Å². The summed E-state index contributed by atoms with van der Waals surface area (Å²) in [4.78, 5) is 6.07. The van der Waals surface area contributed by atoms with E-state index >= 15 is 0 Å². The first kappa shape index (κ1) is 23.3. The van der Waals surface area contributed by atoms with E-state index in [0.29, 0.717) is 13.0 Å². The van der Waals surface area contributed by atoms with Crippen LogP contribution >= 0.6 is 23.4 Å². The summed E-state index contributed by atoms with van der Waals surface area (Å²) >= 11 is 12.3. The van der Waals surface area contributed by atoms with Gasteiger partial charge in [0.1, 0.15) is 0 Å². The van der Waals surface area contributed by atoms with Crippen LogP contribution in [0.4, 0.5) is 0 Å². The van der Waals surface area contributed by atoms with Crippen molar-refractivity contribution < 1.29 is 8.42 Å². The van der Waals surface area contributed by atoms with Crippen LogP contribution in [0, 0.1) is 6.92 Å². The van der Waals surface area contributed by atoms with Crippen LogP contribution < -0.4 is 0 Å². The highest BCUT2D eigenvalue weighted by Gasteiger charge is 2.22. The summed E-state index contributed by atoms with van der Waals surface area (Å²) in [6.45, 7) is 5.18. The molecular weight excluding hydrogens is 465 g/mol. The molecule has 1 aliphatic heterocycles. The standard InChI is InChI=1S/C24H27Cl2N3O2S/c1-18-24(22-17-20(25)9-10-23(22)27-18)19-11-15-28(16-12-19)13-5-6-14-29(26)32(30,31)21-7-3-2-4-8-21/h2-4,7-11,17,27H,5-6,12-16H2,1H3. The van der Waals surface area contributed by atoms with Gasteiger partial charge in [0.2, 0.25) is 0 Å². The number of halogens is 2. The summed E-state index contributed by atoms with van der Waals surface area (Å²) in [6, 6.07) is 14.3. The van der Waals surface area contributed by atoms with Gasteiger partial charge >= 0.3 is 0 Å². The van der Waals surface area contributed by atoms with Gasteiger partial charge in [0, 0.05) is 46.8 Å². The van der Waals surface area contributed by atoms with Gasteiger partial charge in [-0.15, -0.1) is 3.82 Å². The smallest absolute Gasteiger partial charge is 0.256 e. The molecule has 1 N–H and O–H groups in total. The lowest BCUT2D eigenvalue weighted by molar-refractivity contribution is 0.293. The van der Waals surface area contributed by atoms with E-state index < -0.39 is 10.0 Å². The number of hydrogen-bond acceptors (Lipinski definition) is 3. The molecule has 0 fully saturated rings. The van der Waals surface area contributed by atoms with Gasteiger partial charge in [0.05, 0.1) is 4.90 Å². The molecule has 170 valence electrons. The van der Waals surface area contributed by atoms with Crippen LogP contribution in [-0.2, 0) is 10.0 Å². The van der Waals surface area contributed by atoms with Crippen molar-refractivity contribution in [1.82, 2.24) is 13.7 Å². The summed E-state index contributed by atoms with van der Waals surface area (Å²) in [6.07, 6.45) is 4.87. The number of benzene rings is 2. The third kappa shape index (κ3) is 5.05. The van der Waals surface area contributed by atoms with E-state index in [2.05, 4.69) is 22.9 Å². The zero-order chi connectivity index (χ0) is 22.7. The zero-order valence-electron chi connectivity index (χ0n) is 18.0. The number of unbranched alkanes of at least 4 members (excludes halogenated alkanes) is 1. The van der Waals surface area contributed by atoms with E-state index in [1.54, 1.807) is 30.3 Å². The predicted molar refractivity (Wildman–Crippen MR) is 133 cm³/mol. The third-order valence-electron chi connectivity index (χ3n) is 5.92. The maximum atomic E-state index is 12.5. The SMILES string of the molecule is Cc1[nH]c2ccc(Cl)cc2c1C1=CCN(CCCCN(Cl)S(=O)(=O)c2ccccc2)CC1. The van der Waals surface area contributed by atoms with E-state index in [1.165, 1.54) is 22.2 Å². The number of H-pyrrole nitrogens is 1. The minimum absolute atomic E-state index is 0.220. The summed E-state index contributed by atoms with van der Waals surface area (Å²) in [5.74, 6) is 0. The van der Waals surface area contributed by atoms with Gasteiger partial charge in [0.25, 0.3) is 10.0 Å². The molecule has 4 rings (SSSR count). The number of hydrogen-bond donors (Lipinski definition) is 1. The van der Waals surface area contributed by atoms with Crippen molar-refractivity contribution in [3.63, 3.8) is 0 Å². The molecule has 2 aromatic carbocycles. The molecule has 0 spiro atoms. The molecule has 0 amide bonds. The van der Waals surface area contributed by atoms with Crippen LogP contribution in [0.1, 0.15) is 30.5 Å². The van der Waals surface area contributed by atoms with Gasteiger partial charge in [-0.1, -0.05) is 35.9 Å². The summed E-state index contributed by atoms with van der Waals surface area (Å²) in [5, 5.41) is 1.93. The zero-order valence-corrected chi connectivity index (χ0v) is 20.3. The molecule has 0 saturated heterocycles. The fourth-order valence-electron chi connectivity index (χ4n) is 4.25. The lowest BCUT2D eigenvalue weighted by Gasteiger charge is -2.26. The Morgan fingerprint density at radius 2 is 1.91 bits per heavy atom. The highest BCUT2D eigenvalue weighted by atomic mass is 35.5. The second-order valence-electron chi connectivity index (χ2n) is 8.13. The summed E-state index contributed by atoms with van der Waals surface area (Å²) in [7, 11) is -3.64. The Morgan fingerprint density at radius 1 is 1.12 bits per heavy atom. The van der Waals surface area contributed by atoms with Gasteiger partial charge in [-0.25, -0.2) is 8.42 Å². The van der Waals surface area contributed by atoms with Crippen LogP contribution in [0.2, 0.25) is 5.02 Å². The van der Waals surface area contributed by atoms with Crippen LogP contribution in [-0.4, -0.2) is 48.3 Å². The average molecular weight is 492 g/mol. The fraction of sp³-hybridized carbons (Fsp3) is 0.333. The minimum Gasteiger partial charge on any atom is -0.358 e. The largest absolute Gasteiger partial charge is 0.358 e. The van der Waals surface area contributed by atoms with E-state index in [4.69, 9.17) is 23.4 Å². The number of nitrogens with zero attached hydrogens (tertiary/aromatic N) is 2. The maximum absolute atomic E-state index is 12.5. The second kappa shape index (κ2) is 9.98. The molecule has 3 aromatic rings. The van der Waals surface area contributed by atoms with Crippen LogP contribution in [0.3, 0.4) is 0 Å². The Labute approximate surface area is 199 Å². The normalized spacial score (nSPS) is 15.4. The maximum Gasteiger partial charge on any atom is 0.256 e. The van der Waals surface area contributed by atoms with Gasteiger partial charge in [-0.2, -0.15) is 0 Å². The number of rotatable bonds is 8. The molecule has 0 aliphatic carbocycles. The highest BCUT2D eigenvalue weighted by Crippen LogP contribution is 2.33. The second-order valence-corrected chi connectivity index (χ2v) is 11.0. The summed E-state index contributed by atoms with van der Waals surface area (Å²) < 4.78 is 25.9. The molecule has 0 bridgehead atoms. The first-order valence-corrected chi connectivity index (χ1v) is 12.9. The fourth-order valence-corrected chi connectivity index (χ4v) is 5.88. The first-order valence-electron chi connectivity index (χ1n) is 10.8. The molecule has 32 heavy (non-hydrogen) atoms. The van der Waals surface area contributed by atoms with Crippen LogP contribution in [0.5, 0.6) is 0 Å². The minimum atomic E-state index is -3.64. The van der Waals surface area contributed by atoms with Crippen molar-refractivity contribution in [2.24, 2.45) is 0 Å². The van der Waals surface area contributed by atoms with Gasteiger partial charge < -0.3 is 4.98 Å². The Kier molecular flexibility index (Phi) is 7.27. The molecule has 0 radical (unpaired) electrons. The molecule has 0 atom stereocenters. The molecular formula is C24H27Cl2N3O2S. The predicted octanol–water partition coefficient (Wildman–Crippen LogP) is 5.84. The number of fused-ring (bicyclic) bond motifs is 1. The van der Waals surface area contributed by atoms with Gasteiger partial charge in [-0.3, -0.25) is 4.90 Å². The Hall–Kier alpha value is -1.83. The van der Waals surface area contributed by atoms with Crippen molar-refractivity contribution in [2.45, 2.75) is 31.1 Å². The lowest BCUT2D eigenvalue weighted by Crippen LogP contribution is -2.30. The molecule has 5 nitrogen and oxygen atoms in total. The van der Waals surface area contributed by atoms with E-state index in [9.17, 15) is 8.42 Å². The molecule has 2 heterocycles. The monoisotopic (exact) mass is 491 g/mol. The molecule has 1 aliphatic rings. The van der Waals surface area contributed by atoms with Crippen LogP contribution in [0.15, 0.2) is 59.5 Å². The quantitative estimate of drug-likeness (QED) is 0.317. The van der Waals surface area contributed by atoms with E-state index in [1.807, 2.05) is 18.2 Å². The van der Waals surface area contributed by atoms with E-state index in [0.717, 1.165) is 46.8 Å². The highest BCUT2D eigenvalue weighted by molar-refractivity contribution is 7.90. The lowest BCUT2D eigenvalue weighted by atomic mass is 9.96. The van der Waals surface area contributed by atoms with Gasteiger partial charge in [-0.05, 0) is 80.4 Å². The number of nitrogens with one attached hydrogen (secondary N) is 1. The summed E-state index contributed by atoms with van der Waals surface area (Å²) in [5.41, 5.74) is 4.91. The number of aromatic amines is 1. The Bertz CT molecular complexity index is 1220. The topological polar surface area (TPSA) is 56.4 Å². The molecule has 0 saturated carbocycles. The molecule has 0 unspecified atom stereocenters. The number of sulfonamides is 1.